The van der Waals surface area contributed by atoms with Crippen LogP contribution in [0.15, 0.2) is 48.7 Å². The summed E-state index contributed by atoms with van der Waals surface area (Å²) >= 11 is 0. The summed E-state index contributed by atoms with van der Waals surface area (Å²) < 4.78 is 0. The van der Waals surface area contributed by atoms with Crippen molar-refractivity contribution in [3.8, 4) is 6.07 Å². The molecule has 25 heavy (non-hydrogen) atoms. The summed E-state index contributed by atoms with van der Waals surface area (Å²) in [5.41, 5.74) is 7.12. The maximum atomic E-state index is 12.0. The Labute approximate surface area is 147 Å². The Morgan fingerprint density at radius 2 is 2.16 bits per heavy atom. The van der Waals surface area contributed by atoms with Crippen LogP contribution in [-0.2, 0) is 4.79 Å². The van der Waals surface area contributed by atoms with Crippen LogP contribution in [0.3, 0.4) is 0 Å². The monoisotopic (exact) mass is 335 g/mol. The number of nitrogens with one attached hydrogen (secondary N) is 1. The first-order valence-corrected chi connectivity index (χ1v) is 8.36. The molecule has 0 bridgehead atoms. The van der Waals surface area contributed by atoms with Gasteiger partial charge in [-0.2, -0.15) is 5.26 Å². The van der Waals surface area contributed by atoms with E-state index < -0.39 is 6.04 Å². The SMILES string of the molecule is N#Cc1cccnc1NC[C@H]1CCN([C@H](C(N)=O)c2ccccc2)C1. The molecule has 1 amide bonds. The van der Waals surface area contributed by atoms with Gasteiger partial charge in [0.2, 0.25) is 5.91 Å². The van der Waals surface area contributed by atoms with Gasteiger partial charge in [-0.1, -0.05) is 30.3 Å². The molecule has 3 rings (SSSR count). The Bertz CT molecular complexity index is 771. The Morgan fingerprint density at radius 3 is 2.88 bits per heavy atom. The van der Waals surface area contributed by atoms with E-state index in [9.17, 15) is 4.79 Å². The largest absolute Gasteiger partial charge is 0.369 e. The highest BCUT2D eigenvalue weighted by molar-refractivity contribution is 5.81. The maximum Gasteiger partial charge on any atom is 0.239 e. The molecule has 0 unspecified atom stereocenters. The van der Waals surface area contributed by atoms with Gasteiger partial charge in [0.1, 0.15) is 17.9 Å². The normalized spacial score (nSPS) is 18.4. The Hall–Kier alpha value is -2.91. The molecule has 1 aliphatic heterocycles. The number of nitrogens with two attached hydrogens (primary N) is 1. The van der Waals surface area contributed by atoms with Gasteiger partial charge >= 0.3 is 0 Å². The topological polar surface area (TPSA) is 95.0 Å². The number of anilines is 1. The molecule has 2 aromatic rings. The minimum absolute atomic E-state index is 0.323. The summed E-state index contributed by atoms with van der Waals surface area (Å²) in [7, 11) is 0. The van der Waals surface area contributed by atoms with Crippen LogP contribution in [0, 0.1) is 17.2 Å². The molecule has 0 spiro atoms. The summed E-state index contributed by atoms with van der Waals surface area (Å²) in [6, 6.07) is 14.9. The molecule has 0 aliphatic carbocycles. The number of hydrogen-bond acceptors (Lipinski definition) is 5. The van der Waals surface area contributed by atoms with Gasteiger partial charge in [-0.3, -0.25) is 9.69 Å². The van der Waals surface area contributed by atoms with Gasteiger partial charge in [0.05, 0.1) is 5.56 Å². The highest BCUT2D eigenvalue weighted by atomic mass is 16.1. The number of nitriles is 1. The van der Waals surface area contributed by atoms with Crippen molar-refractivity contribution in [2.75, 3.05) is 25.0 Å². The molecule has 1 aromatic carbocycles. The van der Waals surface area contributed by atoms with Crippen molar-refractivity contribution in [2.24, 2.45) is 11.7 Å². The number of benzene rings is 1. The number of aromatic nitrogens is 1. The summed E-state index contributed by atoms with van der Waals surface area (Å²) in [4.78, 5) is 18.3. The van der Waals surface area contributed by atoms with Crippen molar-refractivity contribution in [3.63, 3.8) is 0 Å². The summed E-state index contributed by atoms with van der Waals surface area (Å²) in [6.07, 6.45) is 2.64. The lowest BCUT2D eigenvalue weighted by molar-refractivity contribution is -0.123. The van der Waals surface area contributed by atoms with E-state index in [-0.39, 0.29) is 5.91 Å². The standard InChI is InChI=1S/C19H21N5O/c20-11-16-7-4-9-22-19(16)23-12-14-8-10-24(13-14)17(18(21)25)15-5-2-1-3-6-15/h1-7,9,14,17H,8,10,12-13H2,(H2,21,25)(H,22,23)/t14-,17+/m1/s1. The van der Waals surface area contributed by atoms with Crippen LogP contribution in [0.2, 0.25) is 0 Å². The molecule has 6 heteroatoms. The van der Waals surface area contributed by atoms with E-state index in [1.165, 1.54) is 0 Å². The van der Waals surface area contributed by atoms with Crippen LogP contribution in [0.5, 0.6) is 0 Å². The first kappa shape index (κ1) is 16.9. The molecule has 0 saturated carbocycles. The number of pyridine rings is 1. The molecule has 2 atom stereocenters. The summed E-state index contributed by atoms with van der Waals surface area (Å²) in [5, 5.41) is 12.4. The van der Waals surface area contributed by atoms with Gasteiger partial charge in [0, 0.05) is 19.3 Å². The zero-order chi connectivity index (χ0) is 17.6. The van der Waals surface area contributed by atoms with E-state index in [1.807, 2.05) is 30.3 Å². The predicted octanol–water partition coefficient (Wildman–Crippen LogP) is 1.91. The molecule has 1 fully saturated rings. The van der Waals surface area contributed by atoms with E-state index in [0.29, 0.717) is 23.8 Å². The predicted molar refractivity (Wildman–Crippen MR) is 95.5 cm³/mol. The number of primary amides is 1. The summed E-state index contributed by atoms with van der Waals surface area (Å²) in [5.74, 6) is 0.661. The van der Waals surface area contributed by atoms with Crippen LogP contribution in [0.4, 0.5) is 5.82 Å². The summed E-state index contributed by atoms with van der Waals surface area (Å²) in [6.45, 7) is 2.31. The third-order valence-corrected chi connectivity index (χ3v) is 4.55. The Balaban J connectivity index is 1.63. The fourth-order valence-electron chi connectivity index (χ4n) is 3.33. The number of rotatable bonds is 6. The first-order valence-electron chi connectivity index (χ1n) is 8.36. The maximum absolute atomic E-state index is 12.0. The third-order valence-electron chi connectivity index (χ3n) is 4.55. The zero-order valence-corrected chi connectivity index (χ0v) is 13.9. The van der Waals surface area contributed by atoms with Crippen LogP contribution in [0.1, 0.15) is 23.6 Å². The van der Waals surface area contributed by atoms with Crippen LogP contribution in [-0.4, -0.2) is 35.4 Å². The smallest absolute Gasteiger partial charge is 0.239 e. The average Bonchev–Trinajstić information content (AvgIpc) is 3.09. The second-order valence-electron chi connectivity index (χ2n) is 6.26. The highest BCUT2D eigenvalue weighted by Crippen LogP contribution is 2.28. The molecule has 6 nitrogen and oxygen atoms in total. The lowest BCUT2D eigenvalue weighted by atomic mass is 10.0. The lowest BCUT2D eigenvalue weighted by Crippen LogP contribution is -2.36. The zero-order valence-electron chi connectivity index (χ0n) is 13.9. The molecule has 128 valence electrons. The van der Waals surface area contributed by atoms with Crippen LogP contribution in [0.25, 0.3) is 0 Å². The van der Waals surface area contributed by atoms with E-state index in [2.05, 4.69) is 21.3 Å². The number of hydrogen-bond donors (Lipinski definition) is 2. The van der Waals surface area contributed by atoms with Crippen LogP contribution < -0.4 is 11.1 Å². The molecule has 0 radical (unpaired) electrons. The first-order chi connectivity index (χ1) is 12.2. The number of amides is 1. The second-order valence-corrected chi connectivity index (χ2v) is 6.26. The van der Waals surface area contributed by atoms with Crippen LogP contribution >= 0.6 is 0 Å². The van der Waals surface area contributed by atoms with Gasteiger partial charge in [-0.25, -0.2) is 4.98 Å². The average molecular weight is 335 g/mol. The molecule has 2 heterocycles. The van der Waals surface area contributed by atoms with Crippen molar-refractivity contribution in [1.29, 1.82) is 5.26 Å². The molecule has 1 aromatic heterocycles. The van der Waals surface area contributed by atoms with Crippen molar-refractivity contribution in [1.82, 2.24) is 9.88 Å². The van der Waals surface area contributed by atoms with Crippen molar-refractivity contribution >= 4 is 11.7 Å². The number of likely N-dealkylation sites (tertiary alicyclic amines) is 1. The van der Waals surface area contributed by atoms with Gasteiger partial charge in [0.25, 0.3) is 0 Å². The highest BCUT2D eigenvalue weighted by Gasteiger charge is 2.32. The molecule has 1 aliphatic rings. The number of carbonyl (C=O) groups is 1. The fraction of sp³-hybridized carbons (Fsp3) is 0.316. The second kappa shape index (κ2) is 7.77. The fourth-order valence-corrected chi connectivity index (χ4v) is 3.33. The molecule has 3 N–H and O–H groups in total. The van der Waals surface area contributed by atoms with Crippen molar-refractivity contribution < 1.29 is 4.79 Å². The Kier molecular flexibility index (Phi) is 5.26. The molecular weight excluding hydrogens is 314 g/mol. The third kappa shape index (κ3) is 3.95. The lowest BCUT2D eigenvalue weighted by Gasteiger charge is -2.25. The van der Waals surface area contributed by atoms with E-state index in [4.69, 9.17) is 11.0 Å². The van der Waals surface area contributed by atoms with E-state index in [0.717, 1.165) is 25.1 Å². The van der Waals surface area contributed by atoms with Gasteiger partial charge in [-0.05, 0) is 36.6 Å². The van der Waals surface area contributed by atoms with Crippen molar-refractivity contribution in [2.45, 2.75) is 12.5 Å². The Morgan fingerprint density at radius 1 is 1.36 bits per heavy atom. The van der Waals surface area contributed by atoms with E-state index >= 15 is 0 Å². The van der Waals surface area contributed by atoms with Gasteiger partial charge in [0.15, 0.2) is 0 Å². The minimum atomic E-state index is -0.393. The molecule has 1 saturated heterocycles. The van der Waals surface area contributed by atoms with E-state index in [1.54, 1.807) is 18.3 Å². The number of nitrogens with zero attached hydrogens (tertiary/aromatic N) is 3. The number of carbonyl (C=O) groups excluding carboxylic acids is 1. The van der Waals surface area contributed by atoms with Gasteiger partial charge in [-0.15, -0.1) is 0 Å². The van der Waals surface area contributed by atoms with Crippen molar-refractivity contribution in [3.05, 3.63) is 59.8 Å². The van der Waals surface area contributed by atoms with Gasteiger partial charge < -0.3 is 11.1 Å². The quantitative estimate of drug-likeness (QED) is 0.841. The minimum Gasteiger partial charge on any atom is -0.369 e. The molecular formula is C19H21N5O.